The molecular weight excluding hydrogens is 582 g/mol. The van der Waals surface area contributed by atoms with E-state index in [0.29, 0.717) is 35.2 Å². The molecule has 10 nitrogen and oxygen atoms in total. The number of nitrogens with zero attached hydrogens (tertiary/aromatic N) is 2. The second-order valence-corrected chi connectivity index (χ2v) is 13.0. The van der Waals surface area contributed by atoms with Crippen molar-refractivity contribution < 1.29 is 27.6 Å². The van der Waals surface area contributed by atoms with Gasteiger partial charge in [0.05, 0.1) is 0 Å². The Bertz CT molecular complexity index is 1490. The average molecular weight is 596 g/mol. The van der Waals surface area contributed by atoms with Crippen LogP contribution in [0.1, 0.15) is 6.42 Å². The Hall–Kier alpha value is -1.44. The predicted molar refractivity (Wildman–Crippen MR) is 115 cm³/mol. The molecule has 4 rings (SSSR count). The minimum atomic E-state index is -4.37. The van der Waals surface area contributed by atoms with Crippen LogP contribution in [0, 0.1) is 0 Å². The molecule has 31 heavy (non-hydrogen) atoms. The Balaban J connectivity index is 1.51. The Morgan fingerprint density at radius 3 is 2.10 bits per heavy atom. The van der Waals surface area contributed by atoms with Crippen LogP contribution in [-0.4, -0.2) is 54.8 Å². The molecule has 4 aromatic rings. The SMILES string of the molecule is O=c1c2cc(SOOO)ccc2[se]n1CCCn1[se]c2ccc(S(=O)(=O)O)cc2c1=O. The fraction of sp³-hybridized carbons (Fsp3) is 0.176. The molecule has 0 bridgehead atoms. The van der Waals surface area contributed by atoms with E-state index in [0.717, 1.165) is 20.6 Å². The van der Waals surface area contributed by atoms with Crippen LogP contribution in [-0.2, 0) is 32.6 Å². The molecular formula is C17H14N2O8S2Se2. The minimum absolute atomic E-state index is 0.0956. The van der Waals surface area contributed by atoms with Gasteiger partial charge in [0.1, 0.15) is 0 Å². The molecule has 0 spiro atoms. The first-order valence-corrected chi connectivity index (χ1v) is 14.1. The van der Waals surface area contributed by atoms with Gasteiger partial charge in [-0.1, -0.05) is 0 Å². The van der Waals surface area contributed by atoms with Crippen molar-refractivity contribution in [2.75, 3.05) is 0 Å². The van der Waals surface area contributed by atoms with Crippen LogP contribution < -0.4 is 11.1 Å². The first kappa shape index (κ1) is 22.7. The van der Waals surface area contributed by atoms with Crippen molar-refractivity contribution in [1.82, 2.24) is 7.12 Å². The third-order valence-corrected chi connectivity index (χ3v) is 10.5. The van der Waals surface area contributed by atoms with Crippen molar-refractivity contribution in [2.45, 2.75) is 29.3 Å². The monoisotopic (exact) mass is 598 g/mol. The summed E-state index contributed by atoms with van der Waals surface area (Å²) in [6, 6.07) is 9.34. The summed E-state index contributed by atoms with van der Waals surface area (Å²) in [5.74, 6) is 0. The summed E-state index contributed by atoms with van der Waals surface area (Å²) in [5.41, 5.74) is -0.364. The quantitative estimate of drug-likeness (QED) is 0.101. The van der Waals surface area contributed by atoms with E-state index < -0.39 is 10.1 Å². The number of aromatic nitrogens is 2. The van der Waals surface area contributed by atoms with Crippen LogP contribution in [0.5, 0.6) is 0 Å². The van der Waals surface area contributed by atoms with Gasteiger partial charge >= 0.3 is 192 Å². The van der Waals surface area contributed by atoms with E-state index in [1.54, 1.807) is 25.3 Å². The molecule has 2 heterocycles. The number of hydrogen-bond acceptors (Lipinski definition) is 8. The zero-order chi connectivity index (χ0) is 22.2. The zero-order valence-corrected chi connectivity index (χ0v) is 20.5. The van der Waals surface area contributed by atoms with Gasteiger partial charge in [-0.2, -0.15) is 0 Å². The average Bonchev–Trinajstić information content (AvgIpc) is 3.22. The third kappa shape index (κ3) is 4.83. The van der Waals surface area contributed by atoms with E-state index in [1.807, 2.05) is 6.07 Å². The zero-order valence-electron chi connectivity index (χ0n) is 15.5. The maximum atomic E-state index is 12.7. The van der Waals surface area contributed by atoms with Crippen LogP contribution >= 0.6 is 12.0 Å². The summed E-state index contributed by atoms with van der Waals surface area (Å²) >= 11 is 0.337. The maximum absolute atomic E-state index is 12.7. The van der Waals surface area contributed by atoms with Gasteiger partial charge in [0, 0.05) is 0 Å². The summed E-state index contributed by atoms with van der Waals surface area (Å²) in [6.45, 7) is 0.923. The van der Waals surface area contributed by atoms with E-state index >= 15 is 0 Å². The Morgan fingerprint density at radius 2 is 1.52 bits per heavy atom. The van der Waals surface area contributed by atoms with Crippen molar-refractivity contribution in [3.8, 4) is 0 Å². The van der Waals surface area contributed by atoms with Gasteiger partial charge < -0.3 is 0 Å². The van der Waals surface area contributed by atoms with Crippen LogP contribution in [0.15, 0.2) is 55.8 Å². The molecule has 2 aromatic heterocycles. The van der Waals surface area contributed by atoms with Gasteiger partial charge in [0.15, 0.2) is 0 Å². The Kier molecular flexibility index (Phi) is 6.75. The van der Waals surface area contributed by atoms with Gasteiger partial charge in [0.2, 0.25) is 0 Å². The molecule has 0 aliphatic carbocycles. The normalized spacial score (nSPS) is 12.2. The molecule has 14 heteroatoms. The molecule has 0 saturated heterocycles. The summed E-state index contributed by atoms with van der Waals surface area (Å²) in [4.78, 5) is 25.6. The second-order valence-electron chi connectivity index (χ2n) is 6.37. The molecule has 0 aliphatic rings. The fourth-order valence-corrected chi connectivity index (χ4v) is 8.17. The van der Waals surface area contributed by atoms with Crippen molar-refractivity contribution in [2.24, 2.45) is 0 Å². The van der Waals surface area contributed by atoms with Gasteiger partial charge in [-0.25, -0.2) is 0 Å². The topological polar surface area (TPSA) is 137 Å². The van der Waals surface area contributed by atoms with E-state index in [1.165, 1.54) is 12.1 Å². The summed E-state index contributed by atoms with van der Waals surface area (Å²) < 4.78 is 41.3. The van der Waals surface area contributed by atoms with Crippen LogP contribution in [0.4, 0.5) is 0 Å². The number of benzene rings is 2. The third-order valence-electron chi connectivity index (χ3n) is 4.41. The first-order valence-electron chi connectivity index (χ1n) is 8.68. The van der Waals surface area contributed by atoms with Crippen molar-refractivity contribution in [3.05, 3.63) is 57.1 Å². The standard InChI is InChI=1S/C17H14N2O8S2Se2/c20-16-12-8-10(28-27-26-22)2-4-14(12)30-18(16)6-1-7-19-17(21)13-9-11(29(23,24)25)3-5-15(13)31-19/h2-5,8-9,22H,1,6-7H2,(H,23,24,25). The Morgan fingerprint density at radius 1 is 0.935 bits per heavy atom. The molecule has 2 aromatic carbocycles. The first-order chi connectivity index (χ1) is 14.8. The van der Waals surface area contributed by atoms with Gasteiger partial charge in [0.25, 0.3) is 0 Å². The van der Waals surface area contributed by atoms with Crippen molar-refractivity contribution in [1.29, 1.82) is 0 Å². The van der Waals surface area contributed by atoms with Crippen LogP contribution in [0.25, 0.3) is 19.3 Å². The number of aryl methyl sites for hydroxylation is 2. The van der Waals surface area contributed by atoms with E-state index in [4.69, 9.17) is 5.26 Å². The van der Waals surface area contributed by atoms with Gasteiger partial charge in [-0.15, -0.1) is 0 Å². The molecule has 0 aliphatic heterocycles. The van der Waals surface area contributed by atoms with Crippen molar-refractivity contribution in [3.63, 3.8) is 0 Å². The second kappa shape index (κ2) is 9.20. The van der Waals surface area contributed by atoms with Crippen LogP contribution in [0.2, 0.25) is 0 Å². The molecule has 0 radical (unpaired) electrons. The van der Waals surface area contributed by atoms with Gasteiger partial charge in [-0.05, 0) is 0 Å². The number of fused-ring (bicyclic) bond motifs is 2. The summed E-state index contributed by atoms with van der Waals surface area (Å²) in [5, 5.41) is 12.7. The molecule has 0 unspecified atom stereocenters. The van der Waals surface area contributed by atoms with E-state index in [9.17, 15) is 22.6 Å². The summed E-state index contributed by atoms with van der Waals surface area (Å²) in [6.07, 6.45) is 0.581. The molecule has 2 N–H and O–H groups in total. The van der Waals surface area contributed by atoms with E-state index in [-0.39, 0.29) is 45.5 Å². The van der Waals surface area contributed by atoms with Crippen molar-refractivity contribution >= 4 is 70.9 Å². The molecule has 164 valence electrons. The van der Waals surface area contributed by atoms with Gasteiger partial charge in [-0.3, -0.25) is 0 Å². The molecule has 0 atom stereocenters. The predicted octanol–water partition coefficient (Wildman–Crippen LogP) is 1.20. The summed E-state index contributed by atoms with van der Waals surface area (Å²) in [7, 11) is -4.37. The molecule has 0 fully saturated rings. The van der Waals surface area contributed by atoms with E-state index in [2.05, 4.69) is 9.37 Å². The number of hydrogen-bond donors (Lipinski definition) is 2. The van der Waals surface area contributed by atoms with Crippen LogP contribution in [0.3, 0.4) is 0 Å². The fourth-order valence-electron chi connectivity index (χ4n) is 3.02. The molecule has 0 amide bonds. The Labute approximate surface area is 191 Å². The molecule has 0 saturated carbocycles. The number of rotatable bonds is 8.